The third-order valence-electron chi connectivity index (χ3n) is 2.83. The third kappa shape index (κ3) is 3.55. The molecule has 4 heteroatoms. The quantitative estimate of drug-likeness (QED) is 0.855. The van der Waals surface area contributed by atoms with Crippen molar-refractivity contribution in [2.24, 2.45) is 0 Å². The minimum absolute atomic E-state index is 0.725. The highest BCUT2D eigenvalue weighted by atomic mass is 16.4. The molecule has 0 aliphatic heterocycles. The van der Waals surface area contributed by atoms with E-state index in [2.05, 4.69) is 5.10 Å². The average Bonchev–Trinajstić information content (AvgIpc) is 2.67. The summed E-state index contributed by atoms with van der Waals surface area (Å²) in [5.74, 6) is -0.938. The van der Waals surface area contributed by atoms with E-state index in [1.165, 1.54) is 0 Å². The molecule has 0 radical (unpaired) electrons. The summed E-state index contributed by atoms with van der Waals surface area (Å²) in [5.41, 5.74) is 4.16. The number of benzene rings is 1. The highest BCUT2D eigenvalue weighted by Gasteiger charge is 2.01. The fourth-order valence-corrected chi connectivity index (χ4v) is 1.91. The maximum Gasteiger partial charge on any atom is 0.328 e. The van der Waals surface area contributed by atoms with Gasteiger partial charge in [-0.25, -0.2) is 4.79 Å². The van der Waals surface area contributed by atoms with Crippen molar-refractivity contribution in [1.29, 1.82) is 0 Å². The smallest absolute Gasteiger partial charge is 0.328 e. The van der Waals surface area contributed by atoms with Gasteiger partial charge in [-0.3, -0.25) is 4.68 Å². The maximum absolute atomic E-state index is 10.4. The predicted molar refractivity (Wildman–Crippen MR) is 73.9 cm³/mol. The van der Waals surface area contributed by atoms with E-state index in [4.69, 9.17) is 5.11 Å². The van der Waals surface area contributed by atoms with E-state index in [-0.39, 0.29) is 0 Å². The lowest BCUT2D eigenvalue weighted by atomic mass is 10.1. The summed E-state index contributed by atoms with van der Waals surface area (Å²) < 4.78 is 1.96. The molecule has 0 saturated heterocycles. The largest absolute Gasteiger partial charge is 0.478 e. The summed E-state index contributed by atoms with van der Waals surface area (Å²) in [4.78, 5) is 10.4. The molecule has 1 aromatic carbocycles. The van der Waals surface area contributed by atoms with Crippen LogP contribution < -0.4 is 0 Å². The zero-order valence-electron chi connectivity index (χ0n) is 11.0. The summed E-state index contributed by atoms with van der Waals surface area (Å²) in [5, 5.41) is 13.0. The van der Waals surface area contributed by atoms with Crippen molar-refractivity contribution >= 4 is 12.0 Å². The van der Waals surface area contributed by atoms with E-state index in [0.29, 0.717) is 0 Å². The molecule has 0 fully saturated rings. The van der Waals surface area contributed by atoms with Crippen molar-refractivity contribution < 1.29 is 9.90 Å². The Morgan fingerprint density at radius 1 is 1.32 bits per heavy atom. The molecule has 0 spiro atoms. The topological polar surface area (TPSA) is 55.1 Å². The van der Waals surface area contributed by atoms with Gasteiger partial charge in [0.15, 0.2) is 0 Å². The van der Waals surface area contributed by atoms with Gasteiger partial charge in [-0.2, -0.15) is 5.10 Å². The number of carbonyl (C=O) groups is 1. The molecule has 0 aliphatic carbocycles. The lowest BCUT2D eigenvalue weighted by molar-refractivity contribution is -0.131. The SMILES string of the molecule is Cc1cc(C)n(Cc2ccc(C=CC(=O)O)cc2)n1. The van der Waals surface area contributed by atoms with Crippen molar-refractivity contribution in [3.05, 3.63) is 58.9 Å². The normalized spacial score (nSPS) is 11.1. The zero-order chi connectivity index (χ0) is 13.8. The third-order valence-corrected chi connectivity index (χ3v) is 2.83. The maximum atomic E-state index is 10.4. The molecule has 2 rings (SSSR count). The number of hydrogen-bond donors (Lipinski definition) is 1. The molecule has 0 aliphatic rings. The second kappa shape index (κ2) is 5.52. The van der Waals surface area contributed by atoms with E-state index < -0.39 is 5.97 Å². The molecule has 1 aromatic heterocycles. The number of hydrogen-bond acceptors (Lipinski definition) is 2. The van der Waals surface area contributed by atoms with E-state index in [0.717, 1.165) is 35.1 Å². The Morgan fingerprint density at radius 2 is 2.00 bits per heavy atom. The number of carboxylic acid groups (broad SMARTS) is 1. The Kier molecular flexibility index (Phi) is 3.80. The number of nitrogens with zero attached hydrogens (tertiary/aromatic N) is 2. The molecule has 0 saturated carbocycles. The molecule has 1 N–H and O–H groups in total. The zero-order valence-corrected chi connectivity index (χ0v) is 11.0. The summed E-state index contributed by atoms with van der Waals surface area (Å²) in [6.45, 7) is 4.73. The van der Waals surface area contributed by atoms with Crippen LogP contribution in [0.25, 0.3) is 6.08 Å². The molecule has 1 heterocycles. The van der Waals surface area contributed by atoms with Crippen LogP contribution in [0.15, 0.2) is 36.4 Å². The van der Waals surface area contributed by atoms with Crippen LogP contribution in [0.3, 0.4) is 0 Å². The fraction of sp³-hybridized carbons (Fsp3) is 0.200. The molecule has 19 heavy (non-hydrogen) atoms. The first-order valence-corrected chi connectivity index (χ1v) is 6.05. The van der Waals surface area contributed by atoms with Crippen LogP contribution in [-0.2, 0) is 11.3 Å². The standard InChI is InChI=1S/C15H16N2O2/c1-11-9-12(2)17(16-11)10-14-5-3-13(4-6-14)7-8-15(18)19/h3-9H,10H2,1-2H3,(H,18,19). The molecule has 0 amide bonds. The second-order valence-corrected chi connectivity index (χ2v) is 4.50. The Bertz CT molecular complexity index is 610. The fourth-order valence-electron chi connectivity index (χ4n) is 1.91. The van der Waals surface area contributed by atoms with Crippen molar-refractivity contribution in [1.82, 2.24) is 9.78 Å². The predicted octanol–water partition coefficient (Wildman–Crippen LogP) is 2.65. The van der Waals surface area contributed by atoms with E-state index >= 15 is 0 Å². The van der Waals surface area contributed by atoms with Crippen LogP contribution >= 0.6 is 0 Å². The lowest BCUT2D eigenvalue weighted by Crippen LogP contribution is -2.03. The average molecular weight is 256 g/mol. The van der Waals surface area contributed by atoms with Gasteiger partial charge >= 0.3 is 5.97 Å². The Balaban J connectivity index is 2.10. The summed E-state index contributed by atoms with van der Waals surface area (Å²) >= 11 is 0. The first-order chi connectivity index (χ1) is 9.04. The molecule has 98 valence electrons. The van der Waals surface area contributed by atoms with Crippen molar-refractivity contribution in [3.8, 4) is 0 Å². The number of rotatable bonds is 4. The lowest BCUT2D eigenvalue weighted by Gasteiger charge is -2.05. The minimum Gasteiger partial charge on any atom is -0.478 e. The van der Waals surface area contributed by atoms with Gasteiger partial charge in [-0.05, 0) is 37.1 Å². The van der Waals surface area contributed by atoms with Crippen molar-refractivity contribution in [2.45, 2.75) is 20.4 Å². The first-order valence-electron chi connectivity index (χ1n) is 6.05. The summed E-state index contributed by atoms with van der Waals surface area (Å²) in [6.07, 6.45) is 2.71. The second-order valence-electron chi connectivity index (χ2n) is 4.50. The Labute approximate surface area is 112 Å². The van der Waals surface area contributed by atoms with E-state index in [1.807, 2.05) is 48.9 Å². The van der Waals surface area contributed by atoms with Gasteiger partial charge in [0.2, 0.25) is 0 Å². The number of aliphatic carboxylic acids is 1. The monoisotopic (exact) mass is 256 g/mol. The minimum atomic E-state index is -0.938. The Morgan fingerprint density at radius 3 is 2.53 bits per heavy atom. The number of carboxylic acids is 1. The molecular weight excluding hydrogens is 240 g/mol. The molecule has 0 atom stereocenters. The van der Waals surface area contributed by atoms with Crippen LogP contribution in [-0.4, -0.2) is 20.9 Å². The van der Waals surface area contributed by atoms with Gasteiger partial charge in [0.25, 0.3) is 0 Å². The highest BCUT2D eigenvalue weighted by molar-refractivity contribution is 5.85. The van der Waals surface area contributed by atoms with Gasteiger partial charge in [0, 0.05) is 11.8 Å². The van der Waals surface area contributed by atoms with Gasteiger partial charge in [0.05, 0.1) is 12.2 Å². The van der Waals surface area contributed by atoms with Gasteiger partial charge in [0.1, 0.15) is 0 Å². The van der Waals surface area contributed by atoms with Gasteiger partial charge in [-0.15, -0.1) is 0 Å². The van der Waals surface area contributed by atoms with Crippen LogP contribution in [0.4, 0.5) is 0 Å². The van der Waals surface area contributed by atoms with Crippen LogP contribution in [0.5, 0.6) is 0 Å². The number of aromatic nitrogens is 2. The summed E-state index contributed by atoms with van der Waals surface area (Å²) in [6, 6.07) is 9.82. The molecule has 0 unspecified atom stereocenters. The van der Waals surface area contributed by atoms with Crippen molar-refractivity contribution in [2.75, 3.05) is 0 Å². The van der Waals surface area contributed by atoms with Crippen LogP contribution in [0.1, 0.15) is 22.5 Å². The molecule has 2 aromatic rings. The van der Waals surface area contributed by atoms with Crippen LogP contribution in [0, 0.1) is 13.8 Å². The highest BCUT2D eigenvalue weighted by Crippen LogP contribution is 2.10. The summed E-state index contributed by atoms with van der Waals surface area (Å²) in [7, 11) is 0. The first kappa shape index (κ1) is 13.1. The van der Waals surface area contributed by atoms with Gasteiger partial charge < -0.3 is 5.11 Å². The van der Waals surface area contributed by atoms with Crippen LogP contribution in [0.2, 0.25) is 0 Å². The molecule has 4 nitrogen and oxygen atoms in total. The van der Waals surface area contributed by atoms with E-state index in [9.17, 15) is 4.79 Å². The molecule has 0 bridgehead atoms. The van der Waals surface area contributed by atoms with Crippen molar-refractivity contribution in [3.63, 3.8) is 0 Å². The van der Waals surface area contributed by atoms with E-state index in [1.54, 1.807) is 6.08 Å². The number of aryl methyl sites for hydroxylation is 2. The van der Waals surface area contributed by atoms with Gasteiger partial charge in [-0.1, -0.05) is 24.3 Å². The Hall–Kier alpha value is -2.36. The molecular formula is C15H16N2O2.